The van der Waals surface area contributed by atoms with Gasteiger partial charge in [0.05, 0.1) is 5.71 Å². The monoisotopic (exact) mass is 370 g/mol. The third-order valence-electron chi connectivity index (χ3n) is 3.70. The van der Waals surface area contributed by atoms with Crippen molar-refractivity contribution in [2.75, 3.05) is 11.3 Å². The predicted molar refractivity (Wildman–Crippen MR) is 103 cm³/mol. The summed E-state index contributed by atoms with van der Waals surface area (Å²) in [6.07, 6.45) is 0. The number of anilines is 1. The van der Waals surface area contributed by atoms with Crippen LogP contribution in [0.2, 0.25) is 0 Å². The average Bonchev–Trinajstić information content (AvgIpc) is 2.98. The van der Waals surface area contributed by atoms with Gasteiger partial charge in [-0.3, -0.25) is 0 Å². The van der Waals surface area contributed by atoms with Crippen molar-refractivity contribution in [1.82, 2.24) is 14.9 Å². The molecule has 3 N–H and O–H groups in total. The highest BCUT2D eigenvalue weighted by atomic mass is 32.2. The first-order valence-corrected chi connectivity index (χ1v) is 8.96. The molecule has 0 aliphatic rings. The molecule has 0 fully saturated rings. The van der Waals surface area contributed by atoms with Crippen LogP contribution in [0.4, 0.5) is 10.3 Å². The SMILES string of the molecule is C/C(=N\Nc1nnc(SCc2cccc(C)c2)n1N)c1ccc(F)cc1. The first-order chi connectivity index (χ1) is 12.5. The van der Waals surface area contributed by atoms with E-state index in [1.54, 1.807) is 12.1 Å². The zero-order valence-corrected chi connectivity index (χ0v) is 15.3. The second-order valence-electron chi connectivity index (χ2n) is 5.77. The molecule has 8 heteroatoms. The predicted octanol–water partition coefficient (Wildman–Crippen LogP) is 3.57. The second-order valence-corrected chi connectivity index (χ2v) is 6.71. The number of hydrogen-bond acceptors (Lipinski definition) is 6. The van der Waals surface area contributed by atoms with Gasteiger partial charge < -0.3 is 5.84 Å². The fraction of sp³-hybridized carbons (Fsp3) is 0.167. The normalized spacial score (nSPS) is 11.6. The molecule has 0 saturated heterocycles. The summed E-state index contributed by atoms with van der Waals surface area (Å²) in [5, 5.41) is 12.9. The summed E-state index contributed by atoms with van der Waals surface area (Å²) < 4.78 is 14.3. The van der Waals surface area contributed by atoms with Crippen molar-refractivity contribution >= 4 is 23.4 Å². The Balaban J connectivity index is 1.65. The minimum absolute atomic E-state index is 0.286. The number of hydrogen-bond donors (Lipinski definition) is 2. The first kappa shape index (κ1) is 17.9. The third-order valence-corrected chi connectivity index (χ3v) is 4.71. The fourth-order valence-electron chi connectivity index (χ4n) is 2.29. The van der Waals surface area contributed by atoms with Crippen LogP contribution in [0.5, 0.6) is 0 Å². The number of nitrogens with one attached hydrogen (secondary N) is 1. The van der Waals surface area contributed by atoms with Gasteiger partial charge in [0.2, 0.25) is 5.16 Å². The molecule has 0 amide bonds. The Kier molecular flexibility index (Phi) is 5.52. The van der Waals surface area contributed by atoms with Crippen molar-refractivity contribution in [2.45, 2.75) is 24.8 Å². The van der Waals surface area contributed by atoms with Crippen molar-refractivity contribution in [2.24, 2.45) is 5.10 Å². The Labute approximate surface area is 155 Å². The molecule has 0 aliphatic heterocycles. The number of rotatable bonds is 6. The van der Waals surface area contributed by atoms with E-state index < -0.39 is 0 Å². The van der Waals surface area contributed by atoms with Crippen LogP contribution < -0.4 is 11.3 Å². The van der Waals surface area contributed by atoms with E-state index in [1.165, 1.54) is 39.7 Å². The van der Waals surface area contributed by atoms with Gasteiger partial charge in [0.15, 0.2) is 0 Å². The summed E-state index contributed by atoms with van der Waals surface area (Å²) >= 11 is 1.50. The van der Waals surface area contributed by atoms with Crippen LogP contribution in [0.25, 0.3) is 0 Å². The Morgan fingerprint density at radius 3 is 2.73 bits per heavy atom. The van der Waals surface area contributed by atoms with Gasteiger partial charge in [-0.15, -0.1) is 10.2 Å². The van der Waals surface area contributed by atoms with Crippen LogP contribution >= 0.6 is 11.8 Å². The molecule has 26 heavy (non-hydrogen) atoms. The van der Waals surface area contributed by atoms with Crippen molar-refractivity contribution in [3.63, 3.8) is 0 Å². The number of aryl methyl sites for hydroxylation is 1. The zero-order valence-electron chi connectivity index (χ0n) is 14.5. The highest BCUT2D eigenvalue weighted by molar-refractivity contribution is 7.98. The number of halogens is 1. The maximum Gasteiger partial charge on any atom is 0.264 e. The molecule has 0 spiro atoms. The van der Waals surface area contributed by atoms with E-state index in [0.717, 1.165) is 11.3 Å². The van der Waals surface area contributed by atoms with Gasteiger partial charge in [0.25, 0.3) is 5.95 Å². The maximum atomic E-state index is 13.0. The number of nitrogens with zero attached hydrogens (tertiary/aromatic N) is 4. The third kappa shape index (κ3) is 4.40. The number of aromatic nitrogens is 3. The summed E-state index contributed by atoms with van der Waals surface area (Å²) in [6, 6.07) is 14.4. The van der Waals surface area contributed by atoms with Crippen molar-refractivity contribution in [1.29, 1.82) is 0 Å². The van der Waals surface area contributed by atoms with E-state index in [0.29, 0.717) is 16.8 Å². The molecule has 0 radical (unpaired) electrons. The Bertz CT molecular complexity index is 920. The minimum Gasteiger partial charge on any atom is -0.334 e. The topological polar surface area (TPSA) is 81.1 Å². The van der Waals surface area contributed by atoms with Crippen LogP contribution in [0.1, 0.15) is 23.6 Å². The molecule has 134 valence electrons. The average molecular weight is 370 g/mol. The molecular weight excluding hydrogens is 351 g/mol. The van der Waals surface area contributed by atoms with Gasteiger partial charge in [0, 0.05) is 5.75 Å². The number of thioether (sulfide) groups is 1. The Hall–Kier alpha value is -2.87. The summed E-state index contributed by atoms with van der Waals surface area (Å²) in [6.45, 7) is 3.87. The van der Waals surface area contributed by atoms with Crippen molar-refractivity contribution in [3.8, 4) is 0 Å². The van der Waals surface area contributed by atoms with Crippen molar-refractivity contribution in [3.05, 3.63) is 71.0 Å². The quantitative estimate of drug-likeness (QED) is 0.300. The molecule has 0 atom stereocenters. The molecule has 0 aliphatic carbocycles. The van der Waals surface area contributed by atoms with E-state index in [2.05, 4.69) is 45.8 Å². The number of hydrazone groups is 1. The number of nitrogens with two attached hydrogens (primary N) is 1. The highest BCUT2D eigenvalue weighted by Crippen LogP contribution is 2.22. The van der Waals surface area contributed by atoms with Crippen LogP contribution in [0.15, 0.2) is 58.8 Å². The van der Waals surface area contributed by atoms with Crippen LogP contribution in [0.3, 0.4) is 0 Å². The van der Waals surface area contributed by atoms with Crippen LogP contribution in [0, 0.1) is 12.7 Å². The molecule has 6 nitrogen and oxygen atoms in total. The minimum atomic E-state index is -0.286. The lowest BCUT2D eigenvalue weighted by Crippen LogP contribution is -2.13. The summed E-state index contributed by atoms with van der Waals surface area (Å²) in [5.74, 6) is 6.82. The molecule has 1 heterocycles. The largest absolute Gasteiger partial charge is 0.334 e. The van der Waals surface area contributed by atoms with E-state index in [1.807, 2.05) is 13.0 Å². The lowest BCUT2D eigenvalue weighted by molar-refractivity contribution is 0.628. The Morgan fingerprint density at radius 2 is 2.00 bits per heavy atom. The molecule has 3 aromatic rings. The van der Waals surface area contributed by atoms with E-state index >= 15 is 0 Å². The fourth-order valence-corrected chi connectivity index (χ4v) is 3.09. The molecule has 0 saturated carbocycles. The standard InChI is InChI=1S/C18H19FN6S/c1-12-4-3-5-14(10-12)11-26-18-24-23-17(25(18)20)22-21-13(2)15-6-8-16(19)9-7-15/h3-10H,11,20H2,1-2H3,(H,22,23)/b21-13+. The Morgan fingerprint density at radius 1 is 1.23 bits per heavy atom. The van der Waals surface area contributed by atoms with Gasteiger partial charge in [0.1, 0.15) is 5.82 Å². The molecular formula is C18H19FN6S. The first-order valence-electron chi connectivity index (χ1n) is 7.98. The van der Waals surface area contributed by atoms with E-state index in [9.17, 15) is 4.39 Å². The smallest absolute Gasteiger partial charge is 0.264 e. The molecule has 3 rings (SSSR count). The summed E-state index contributed by atoms with van der Waals surface area (Å²) in [5.41, 5.74) is 6.69. The lowest BCUT2D eigenvalue weighted by Gasteiger charge is -2.05. The zero-order chi connectivity index (χ0) is 18.5. The summed E-state index contributed by atoms with van der Waals surface area (Å²) in [4.78, 5) is 0. The molecule has 1 aromatic heterocycles. The van der Waals surface area contributed by atoms with Gasteiger partial charge in [-0.25, -0.2) is 14.5 Å². The maximum absolute atomic E-state index is 13.0. The lowest BCUT2D eigenvalue weighted by atomic mass is 10.1. The van der Waals surface area contributed by atoms with E-state index in [-0.39, 0.29) is 5.82 Å². The molecule has 0 bridgehead atoms. The van der Waals surface area contributed by atoms with Gasteiger partial charge >= 0.3 is 0 Å². The number of nitrogen functional groups attached to an aromatic ring is 1. The van der Waals surface area contributed by atoms with Crippen molar-refractivity contribution < 1.29 is 4.39 Å². The molecule has 2 aromatic carbocycles. The number of benzene rings is 2. The van der Waals surface area contributed by atoms with E-state index in [4.69, 9.17) is 5.84 Å². The van der Waals surface area contributed by atoms with Crippen LogP contribution in [-0.2, 0) is 5.75 Å². The van der Waals surface area contributed by atoms with Gasteiger partial charge in [-0.1, -0.05) is 53.7 Å². The molecule has 0 unspecified atom stereocenters. The second kappa shape index (κ2) is 8.01. The summed E-state index contributed by atoms with van der Waals surface area (Å²) in [7, 11) is 0. The van der Waals surface area contributed by atoms with Gasteiger partial charge in [-0.2, -0.15) is 5.10 Å². The van der Waals surface area contributed by atoms with Crippen LogP contribution in [-0.4, -0.2) is 20.6 Å². The van der Waals surface area contributed by atoms with Gasteiger partial charge in [-0.05, 0) is 37.1 Å². The highest BCUT2D eigenvalue weighted by Gasteiger charge is 2.10.